The first-order valence-corrected chi connectivity index (χ1v) is 16.3. The van der Waals surface area contributed by atoms with E-state index in [2.05, 4.69) is 36.9 Å². The van der Waals surface area contributed by atoms with Gasteiger partial charge in [0.1, 0.15) is 0 Å². The summed E-state index contributed by atoms with van der Waals surface area (Å²) >= 11 is 0. The van der Waals surface area contributed by atoms with Crippen molar-refractivity contribution in [3.8, 4) is 12.8 Å². The van der Waals surface area contributed by atoms with Crippen molar-refractivity contribution in [2.75, 3.05) is 7.05 Å². The fourth-order valence-electron chi connectivity index (χ4n) is 5.26. The van der Waals surface area contributed by atoms with Crippen LogP contribution in [0.1, 0.15) is 88.8 Å². The molecule has 0 spiro atoms. The van der Waals surface area contributed by atoms with Crippen molar-refractivity contribution in [3.05, 3.63) is 113 Å². The SMILES string of the molecule is C#C.C=CC1=C(/C=C\C)c2nc1ncc1ccccc1c([N-]C)nc1nc(nc3[n-]c(n2)c(C)c3/C=C\C)C2=C1CCC=C2.CC.CC.[Zn+2]. The molecule has 0 radical (unpaired) electrons. The van der Waals surface area contributed by atoms with Crippen LogP contribution in [0.4, 0.5) is 5.82 Å². The molecule has 0 saturated carbocycles. The molecule has 0 fully saturated rings. The van der Waals surface area contributed by atoms with E-state index in [4.69, 9.17) is 34.9 Å². The van der Waals surface area contributed by atoms with E-state index in [1.165, 1.54) is 0 Å². The van der Waals surface area contributed by atoms with Gasteiger partial charge in [-0.25, -0.2) is 15.0 Å². The molecule has 6 rings (SSSR count). The quantitative estimate of drug-likeness (QED) is 0.197. The number of aryl methyl sites for hydroxylation is 1. The number of hydrogen-bond acceptors (Lipinski definition) is 6. The number of allylic oxidation sites excluding steroid dienone is 10. The number of fused-ring (bicyclic) bond motifs is 9. The van der Waals surface area contributed by atoms with E-state index in [1.54, 1.807) is 19.3 Å². The third kappa shape index (κ3) is 8.52. The molecular weight excluding hydrogens is 658 g/mol. The summed E-state index contributed by atoms with van der Waals surface area (Å²) in [5.74, 6) is 2.81. The van der Waals surface area contributed by atoms with Crippen LogP contribution in [-0.2, 0) is 19.5 Å². The molecule has 0 unspecified atom stereocenters. The minimum atomic E-state index is 0. The van der Waals surface area contributed by atoms with Gasteiger partial charge >= 0.3 is 19.5 Å². The normalized spacial score (nSPS) is 12.8. The summed E-state index contributed by atoms with van der Waals surface area (Å²) in [6.45, 7) is 18.0. The zero-order valence-electron chi connectivity index (χ0n) is 30.0. The molecule has 0 N–H and O–H groups in total. The zero-order valence-corrected chi connectivity index (χ0v) is 33.0. The molecule has 2 aromatic heterocycles. The molecule has 2 aliphatic heterocycles. The molecule has 3 aliphatic rings. The fraction of sp³-hybridized carbons (Fsp3) is 0.250. The molecule has 8 nitrogen and oxygen atoms in total. The summed E-state index contributed by atoms with van der Waals surface area (Å²) in [4.78, 5) is 34.3. The van der Waals surface area contributed by atoms with Gasteiger partial charge in [-0.3, -0.25) is 0 Å². The first-order valence-electron chi connectivity index (χ1n) is 16.3. The largest absolute Gasteiger partial charge is 2.00 e. The first-order chi connectivity index (χ1) is 23.6. The molecule has 6 bridgehead atoms. The predicted molar refractivity (Wildman–Crippen MR) is 204 cm³/mol. The Morgan fingerprint density at radius 2 is 1.51 bits per heavy atom. The molecule has 9 heteroatoms. The Morgan fingerprint density at radius 1 is 0.837 bits per heavy atom. The molecule has 0 saturated heterocycles. The Morgan fingerprint density at radius 3 is 2.18 bits per heavy atom. The van der Waals surface area contributed by atoms with Gasteiger partial charge in [0.05, 0.1) is 17.5 Å². The fourth-order valence-corrected chi connectivity index (χ4v) is 5.26. The molecule has 0 amide bonds. The second-order valence-electron chi connectivity index (χ2n) is 9.91. The molecule has 1 aliphatic carbocycles. The average Bonchev–Trinajstić information content (AvgIpc) is 3.76. The van der Waals surface area contributed by atoms with Crippen molar-refractivity contribution in [3.63, 3.8) is 0 Å². The van der Waals surface area contributed by atoms with Crippen molar-refractivity contribution >= 4 is 56.3 Å². The van der Waals surface area contributed by atoms with Gasteiger partial charge in [-0.05, 0) is 61.1 Å². The maximum absolute atomic E-state index is 4.99. The third-order valence-electron chi connectivity index (χ3n) is 7.31. The van der Waals surface area contributed by atoms with E-state index in [1.807, 2.05) is 97.0 Å². The zero-order chi connectivity index (χ0) is 35.2. The van der Waals surface area contributed by atoms with Crippen LogP contribution in [0, 0.1) is 19.8 Å². The van der Waals surface area contributed by atoms with Crippen molar-refractivity contribution < 1.29 is 19.5 Å². The maximum Gasteiger partial charge on any atom is 2.00 e. The minimum Gasteiger partial charge on any atom is -0.468 e. The van der Waals surface area contributed by atoms with E-state index in [9.17, 15) is 0 Å². The monoisotopic (exact) mass is 700 g/mol. The van der Waals surface area contributed by atoms with Crippen molar-refractivity contribution in [2.45, 2.75) is 61.3 Å². The third-order valence-corrected chi connectivity index (χ3v) is 7.31. The van der Waals surface area contributed by atoms with Crippen LogP contribution in [0.5, 0.6) is 0 Å². The summed E-state index contributed by atoms with van der Waals surface area (Å²) in [5, 5.41) is 6.26. The Kier molecular flexibility index (Phi) is 16.1. The van der Waals surface area contributed by atoms with Crippen LogP contribution in [0.2, 0.25) is 0 Å². The summed E-state index contributed by atoms with van der Waals surface area (Å²) in [7, 11) is 1.74. The average molecular weight is 702 g/mol. The van der Waals surface area contributed by atoms with Crippen LogP contribution >= 0.6 is 0 Å². The summed E-state index contributed by atoms with van der Waals surface area (Å²) in [5.41, 5.74) is 6.54. The number of nitrogens with zero attached hydrogens (tertiary/aromatic N) is 8. The predicted octanol–water partition coefficient (Wildman–Crippen LogP) is 9.97. The molecule has 49 heavy (non-hydrogen) atoms. The van der Waals surface area contributed by atoms with E-state index in [-0.39, 0.29) is 19.5 Å². The Balaban J connectivity index is 0.00000113. The number of rotatable bonds is 4. The van der Waals surface area contributed by atoms with Crippen LogP contribution in [0.15, 0.2) is 73.5 Å². The van der Waals surface area contributed by atoms with Gasteiger partial charge in [0, 0.05) is 34.2 Å². The smallest absolute Gasteiger partial charge is 0.468 e. The standard InChI is InChI=1S/C34H30N8.2C2H6.C2H2.Zn/c1-6-13-23-20(4)28-37-31(23)41-34-27-18-12-11-17-26(27)33(42-34)39-29(35-5)24-16-10-9-15-21(24)19-36-30-22(8-3)25(14-7-2)32(38-28)40-30;3*1-2;/h6-10,12-16,18-19H,3,11,17H2,1-2,4-5H3;2*1-2H3;1-2H;/q-2;;;;+2/b13-6-,14-7-;;;;. The molecule has 1 aromatic carbocycles. The van der Waals surface area contributed by atoms with Gasteiger partial charge in [-0.1, -0.05) is 114 Å². The van der Waals surface area contributed by atoms with E-state index in [0.717, 1.165) is 57.0 Å². The Labute approximate surface area is 303 Å². The molecule has 246 valence electrons. The second-order valence-corrected chi connectivity index (χ2v) is 9.91. The van der Waals surface area contributed by atoms with Gasteiger partial charge < -0.3 is 25.3 Å². The number of hydrogen-bond donors (Lipinski definition) is 0. The molecular formula is C40H44N8Zn. The Bertz CT molecular complexity index is 2020. The molecule has 0 atom stereocenters. The van der Waals surface area contributed by atoms with Crippen molar-refractivity contribution in [1.82, 2.24) is 34.9 Å². The summed E-state index contributed by atoms with van der Waals surface area (Å²) < 4.78 is 0. The van der Waals surface area contributed by atoms with Gasteiger partial charge in [-0.2, -0.15) is 0 Å². The molecule has 3 aromatic rings. The van der Waals surface area contributed by atoms with E-state index in [0.29, 0.717) is 40.4 Å². The van der Waals surface area contributed by atoms with Gasteiger partial charge in [0.15, 0.2) is 5.82 Å². The minimum absolute atomic E-state index is 0. The first kappa shape index (κ1) is 40.1. The summed E-state index contributed by atoms with van der Waals surface area (Å²) in [6, 6.07) is 7.91. The number of aromatic nitrogens is 7. The van der Waals surface area contributed by atoms with Crippen molar-refractivity contribution in [1.29, 1.82) is 0 Å². The van der Waals surface area contributed by atoms with Gasteiger partial charge in [0.25, 0.3) is 0 Å². The topological polar surface area (TPSA) is 106 Å². The van der Waals surface area contributed by atoms with E-state index >= 15 is 0 Å². The van der Waals surface area contributed by atoms with Crippen LogP contribution in [0.25, 0.3) is 55.8 Å². The van der Waals surface area contributed by atoms with Crippen LogP contribution < -0.4 is 4.98 Å². The van der Waals surface area contributed by atoms with Crippen molar-refractivity contribution in [2.24, 2.45) is 0 Å². The van der Waals surface area contributed by atoms with Gasteiger partial charge in [-0.15, -0.1) is 12.8 Å². The number of benzene rings is 1. The maximum atomic E-state index is 4.99. The van der Waals surface area contributed by atoms with Crippen LogP contribution in [0.3, 0.4) is 0 Å². The molecule has 4 heterocycles. The van der Waals surface area contributed by atoms with Gasteiger partial charge in [0.2, 0.25) is 0 Å². The number of terminal acetylenes is 1. The van der Waals surface area contributed by atoms with Crippen LogP contribution in [-0.4, -0.2) is 37.0 Å². The Hall–Kier alpha value is -5.06. The van der Waals surface area contributed by atoms with E-state index < -0.39 is 0 Å². The summed E-state index contributed by atoms with van der Waals surface area (Å²) in [6.07, 6.45) is 25.4. The second kappa shape index (κ2) is 19.7.